The lowest BCUT2D eigenvalue weighted by atomic mass is 10.2. The Morgan fingerprint density at radius 1 is 1.14 bits per heavy atom. The van der Waals surface area contributed by atoms with E-state index in [1.165, 1.54) is 0 Å². The van der Waals surface area contributed by atoms with E-state index in [1.807, 2.05) is 36.5 Å². The van der Waals surface area contributed by atoms with Crippen molar-refractivity contribution >= 4 is 29.2 Å². The molecule has 1 amide bonds. The van der Waals surface area contributed by atoms with Crippen molar-refractivity contribution in [3.05, 3.63) is 77.1 Å². The third-order valence-corrected chi connectivity index (χ3v) is 4.59. The third-order valence-electron chi connectivity index (χ3n) is 4.18. The Balaban J connectivity index is 1.44. The van der Waals surface area contributed by atoms with Crippen LogP contribution in [0.15, 0.2) is 60.9 Å². The molecule has 7 heteroatoms. The first kappa shape index (κ1) is 19.6. The van der Waals surface area contributed by atoms with Crippen LogP contribution in [0.25, 0.3) is 5.69 Å². The summed E-state index contributed by atoms with van der Waals surface area (Å²) in [4.78, 5) is 23.9. The number of ether oxygens (including phenoxy) is 1. The van der Waals surface area contributed by atoms with Crippen molar-refractivity contribution < 1.29 is 14.3 Å². The molecule has 0 spiro atoms. The molecule has 6 nitrogen and oxygen atoms in total. The molecule has 1 aromatic heterocycles. The van der Waals surface area contributed by atoms with Gasteiger partial charge in [0.2, 0.25) is 0 Å². The summed E-state index contributed by atoms with van der Waals surface area (Å²) in [6.45, 7) is 1.47. The van der Waals surface area contributed by atoms with Crippen LogP contribution in [-0.4, -0.2) is 28.3 Å². The normalized spacial score (nSPS) is 10.5. The topological polar surface area (TPSA) is 73.2 Å². The van der Waals surface area contributed by atoms with Crippen LogP contribution in [0.2, 0.25) is 5.02 Å². The molecule has 0 aliphatic rings. The maximum Gasteiger partial charge on any atom is 0.306 e. The van der Waals surface area contributed by atoms with Gasteiger partial charge in [-0.15, -0.1) is 0 Å². The highest BCUT2D eigenvalue weighted by molar-refractivity contribution is 6.31. The average molecular weight is 398 g/mol. The highest BCUT2D eigenvalue weighted by atomic mass is 35.5. The van der Waals surface area contributed by atoms with Gasteiger partial charge in [-0.2, -0.15) is 5.10 Å². The maximum absolute atomic E-state index is 12.0. The standard InChI is InChI=1S/C21H20ClN3O3/c1-15-18(22)8-5-9-19(15)24-20(26)14-28-21(27)11-10-16-12-23-25(13-16)17-6-3-2-4-7-17/h2-9,12-13H,10-11,14H2,1H3,(H,24,26). The Hall–Kier alpha value is -3.12. The average Bonchev–Trinajstić information content (AvgIpc) is 3.18. The lowest BCUT2D eigenvalue weighted by Crippen LogP contribution is -2.21. The molecule has 28 heavy (non-hydrogen) atoms. The zero-order chi connectivity index (χ0) is 19.9. The van der Waals surface area contributed by atoms with Gasteiger partial charge < -0.3 is 10.1 Å². The number of nitrogens with one attached hydrogen (secondary N) is 1. The minimum atomic E-state index is -0.439. The number of hydrogen-bond donors (Lipinski definition) is 1. The quantitative estimate of drug-likeness (QED) is 0.612. The van der Waals surface area contributed by atoms with Crippen LogP contribution in [0.5, 0.6) is 0 Å². The van der Waals surface area contributed by atoms with Crippen LogP contribution in [0, 0.1) is 6.92 Å². The molecule has 1 heterocycles. The Morgan fingerprint density at radius 2 is 1.93 bits per heavy atom. The summed E-state index contributed by atoms with van der Waals surface area (Å²) in [7, 11) is 0. The Bertz CT molecular complexity index is 970. The summed E-state index contributed by atoms with van der Waals surface area (Å²) in [5.74, 6) is -0.846. The van der Waals surface area contributed by atoms with Crippen molar-refractivity contribution in [1.82, 2.24) is 9.78 Å². The highest BCUT2D eigenvalue weighted by Gasteiger charge is 2.11. The molecule has 0 aliphatic heterocycles. The second kappa shape index (κ2) is 9.19. The molecule has 3 aromatic rings. The second-order valence-corrected chi connectivity index (χ2v) is 6.66. The first-order valence-corrected chi connectivity index (χ1v) is 9.20. The number of carbonyl (C=O) groups excluding carboxylic acids is 2. The minimum Gasteiger partial charge on any atom is -0.456 e. The van der Waals surface area contributed by atoms with Crippen molar-refractivity contribution in [2.45, 2.75) is 19.8 Å². The summed E-state index contributed by atoms with van der Waals surface area (Å²) < 4.78 is 6.80. The largest absolute Gasteiger partial charge is 0.456 e. The van der Waals surface area contributed by atoms with Gasteiger partial charge in [0.1, 0.15) is 0 Å². The Morgan fingerprint density at radius 3 is 2.71 bits per heavy atom. The summed E-state index contributed by atoms with van der Waals surface area (Å²) in [5, 5.41) is 7.54. The fourth-order valence-corrected chi connectivity index (χ4v) is 2.78. The van der Waals surface area contributed by atoms with Gasteiger partial charge in [0.15, 0.2) is 6.61 Å². The molecular weight excluding hydrogens is 378 g/mol. The van der Waals surface area contributed by atoms with Crippen molar-refractivity contribution in [3.8, 4) is 5.69 Å². The van der Waals surface area contributed by atoms with Gasteiger partial charge in [-0.3, -0.25) is 9.59 Å². The van der Waals surface area contributed by atoms with Gasteiger partial charge in [-0.1, -0.05) is 35.9 Å². The number of nitrogens with zero attached hydrogens (tertiary/aromatic N) is 2. The van der Waals surface area contributed by atoms with E-state index in [0.717, 1.165) is 16.8 Å². The SMILES string of the molecule is Cc1c(Cl)cccc1NC(=O)COC(=O)CCc1cnn(-c2ccccc2)c1. The van der Waals surface area contributed by atoms with E-state index in [0.29, 0.717) is 17.1 Å². The lowest BCUT2D eigenvalue weighted by molar-refractivity contribution is -0.147. The number of amides is 1. The predicted octanol–water partition coefficient (Wildman–Crippen LogP) is 3.95. The van der Waals surface area contributed by atoms with E-state index < -0.39 is 11.9 Å². The summed E-state index contributed by atoms with van der Waals surface area (Å²) in [5.41, 5.74) is 3.23. The number of hydrogen-bond acceptors (Lipinski definition) is 4. The molecule has 1 N–H and O–H groups in total. The molecule has 0 saturated carbocycles. The number of benzene rings is 2. The molecular formula is C21H20ClN3O3. The minimum absolute atomic E-state index is 0.171. The van der Waals surface area contributed by atoms with Gasteiger partial charge in [-0.05, 0) is 48.7 Å². The molecule has 0 unspecified atom stereocenters. The molecule has 0 atom stereocenters. The highest BCUT2D eigenvalue weighted by Crippen LogP contribution is 2.22. The number of halogens is 1. The number of para-hydroxylation sites is 1. The van der Waals surface area contributed by atoms with Crippen LogP contribution in [0.1, 0.15) is 17.5 Å². The smallest absolute Gasteiger partial charge is 0.306 e. The van der Waals surface area contributed by atoms with E-state index in [1.54, 1.807) is 36.0 Å². The molecule has 0 aliphatic carbocycles. The zero-order valence-corrected chi connectivity index (χ0v) is 16.1. The van der Waals surface area contributed by atoms with Crippen LogP contribution in [0.3, 0.4) is 0 Å². The van der Waals surface area contributed by atoms with E-state index in [2.05, 4.69) is 10.4 Å². The summed E-state index contributed by atoms with van der Waals surface area (Å²) in [6.07, 6.45) is 4.25. The summed E-state index contributed by atoms with van der Waals surface area (Å²) in [6, 6.07) is 14.9. The molecule has 0 saturated heterocycles. The molecule has 2 aromatic carbocycles. The molecule has 0 fully saturated rings. The van der Waals surface area contributed by atoms with Gasteiger partial charge in [0.25, 0.3) is 5.91 Å². The molecule has 3 rings (SSSR count). The third kappa shape index (κ3) is 5.20. The first-order valence-electron chi connectivity index (χ1n) is 8.82. The van der Waals surface area contributed by atoms with Crippen molar-refractivity contribution in [2.75, 3.05) is 11.9 Å². The van der Waals surface area contributed by atoms with Crippen molar-refractivity contribution in [3.63, 3.8) is 0 Å². The van der Waals surface area contributed by atoms with Gasteiger partial charge >= 0.3 is 5.97 Å². The number of anilines is 1. The van der Waals surface area contributed by atoms with Crippen molar-refractivity contribution in [2.24, 2.45) is 0 Å². The molecule has 0 radical (unpaired) electrons. The van der Waals surface area contributed by atoms with Crippen LogP contribution >= 0.6 is 11.6 Å². The van der Waals surface area contributed by atoms with Gasteiger partial charge in [0, 0.05) is 23.3 Å². The number of aryl methyl sites for hydroxylation is 1. The van der Waals surface area contributed by atoms with Crippen LogP contribution < -0.4 is 5.32 Å². The lowest BCUT2D eigenvalue weighted by Gasteiger charge is -2.09. The Kier molecular flexibility index (Phi) is 6.45. The fourth-order valence-electron chi connectivity index (χ4n) is 2.60. The number of aromatic nitrogens is 2. The number of esters is 1. The van der Waals surface area contributed by atoms with E-state index >= 15 is 0 Å². The van der Waals surface area contributed by atoms with E-state index in [9.17, 15) is 9.59 Å². The molecule has 144 valence electrons. The zero-order valence-electron chi connectivity index (χ0n) is 15.4. The monoisotopic (exact) mass is 397 g/mol. The fraction of sp³-hybridized carbons (Fsp3) is 0.190. The first-order chi connectivity index (χ1) is 13.5. The number of carbonyl (C=O) groups is 2. The van der Waals surface area contributed by atoms with E-state index in [-0.39, 0.29) is 13.0 Å². The predicted molar refractivity (Wildman–Crippen MR) is 108 cm³/mol. The Labute approximate surface area is 168 Å². The maximum atomic E-state index is 12.0. The van der Waals surface area contributed by atoms with Crippen LogP contribution in [-0.2, 0) is 20.7 Å². The van der Waals surface area contributed by atoms with Crippen molar-refractivity contribution in [1.29, 1.82) is 0 Å². The van der Waals surface area contributed by atoms with Gasteiger partial charge in [0.05, 0.1) is 11.9 Å². The summed E-state index contributed by atoms with van der Waals surface area (Å²) >= 11 is 6.02. The van der Waals surface area contributed by atoms with E-state index in [4.69, 9.17) is 16.3 Å². The molecule has 0 bridgehead atoms. The van der Waals surface area contributed by atoms with Gasteiger partial charge in [-0.25, -0.2) is 4.68 Å². The number of rotatable bonds is 7. The van der Waals surface area contributed by atoms with Crippen LogP contribution in [0.4, 0.5) is 5.69 Å². The second-order valence-electron chi connectivity index (χ2n) is 6.25.